The molecule has 290 valence electrons. The number of aliphatic carboxylic acids is 3. The molecular formula is C38H47BEuN6O9+3. The van der Waals surface area contributed by atoms with Crippen molar-refractivity contribution in [2.24, 2.45) is 0 Å². The summed E-state index contributed by atoms with van der Waals surface area (Å²) in [7, 11) is 0.124. The largest absolute Gasteiger partial charge is 3.00 e. The summed E-state index contributed by atoms with van der Waals surface area (Å²) in [4.78, 5) is 62.1. The number of carboxylic acid groups (broad SMARTS) is 3. The molecule has 1 amide bonds. The third kappa shape index (κ3) is 13.1. The van der Waals surface area contributed by atoms with Gasteiger partial charge in [0.15, 0.2) is 0 Å². The summed E-state index contributed by atoms with van der Waals surface area (Å²) < 4.78 is 0. The molecule has 0 atom stereocenters. The van der Waals surface area contributed by atoms with Crippen molar-refractivity contribution < 1.29 is 93.9 Å². The maximum atomic E-state index is 13.7. The van der Waals surface area contributed by atoms with Crippen LogP contribution in [0.3, 0.4) is 0 Å². The quantitative estimate of drug-likeness (QED) is 0.0895. The molecule has 2 heterocycles. The van der Waals surface area contributed by atoms with Gasteiger partial charge in [0, 0.05) is 83.1 Å². The molecule has 55 heavy (non-hydrogen) atoms. The normalized spacial score (nSPS) is 15.5. The Kier molecular flexibility index (Phi) is 17.1. The van der Waals surface area contributed by atoms with Gasteiger partial charge in [0.1, 0.15) is 0 Å². The molecule has 1 saturated heterocycles. The van der Waals surface area contributed by atoms with E-state index in [-0.39, 0.29) is 81.5 Å². The average molecular weight is 895 g/mol. The van der Waals surface area contributed by atoms with E-state index in [2.05, 4.69) is 0 Å². The fourth-order valence-electron chi connectivity index (χ4n) is 6.89. The number of fused-ring (bicyclic) bond motifs is 3. The predicted octanol–water partition coefficient (Wildman–Crippen LogP) is 0.0924. The zero-order valence-electron chi connectivity index (χ0n) is 30.8. The fourth-order valence-corrected chi connectivity index (χ4v) is 6.89. The number of nitrogens with zero attached hydrogens (tertiary/aromatic N) is 6. The van der Waals surface area contributed by atoms with Gasteiger partial charge >= 0.3 is 74.4 Å². The molecule has 17 heteroatoms. The number of likely N-dealkylation sites (N-methyl/N-ethyl adjacent to an activating group) is 1. The van der Waals surface area contributed by atoms with Gasteiger partial charge in [-0.25, -0.2) is 0 Å². The van der Waals surface area contributed by atoms with Crippen LogP contribution in [0.4, 0.5) is 0 Å². The van der Waals surface area contributed by atoms with Gasteiger partial charge in [-0.15, -0.1) is 0 Å². The van der Waals surface area contributed by atoms with Crippen LogP contribution in [0.25, 0.3) is 21.7 Å². The second-order valence-corrected chi connectivity index (χ2v) is 13.7. The molecule has 5 rings (SSSR count). The Morgan fingerprint density at radius 2 is 1.13 bits per heavy atom. The second kappa shape index (κ2) is 21.2. The summed E-state index contributed by atoms with van der Waals surface area (Å²) >= 11 is 0. The summed E-state index contributed by atoms with van der Waals surface area (Å²) in [5, 5.41) is 51.1. The number of aromatic nitrogens is 1. The molecule has 0 aliphatic carbocycles. The van der Waals surface area contributed by atoms with Crippen molar-refractivity contribution in [3.63, 3.8) is 0 Å². The van der Waals surface area contributed by atoms with Gasteiger partial charge in [0.2, 0.25) is 5.91 Å². The topological polar surface area (TPSA) is 199 Å². The monoisotopic (exact) mass is 895 g/mol. The summed E-state index contributed by atoms with van der Waals surface area (Å²) in [6.45, 7) is 2.16. The molecule has 0 radical (unpaired) electrons. The van der Waals surface area contributed by atoms with Crippen LogP contribution in [-0.4, -0.2) is 171 Å². The number of hydrogen-bond acceptors (Lipinski definition) is 11. The van der Waals surface area contributed by atoms with E-state index in [9.17, 15) is 44.5 Å². The SMILES string of the molecule is CN(Cc1ccc2nc(Cc3ccccc3B(O)O)c3ccccc3c2c1)C(=O)CN1CCN(CC(=O)O)CCN(CC(=O)O)CCN(CC(=O)O)CC1.[Eu+3]. The van der Waals surface area contributed by atoms with Crippen LogP contribution in [0, 0.1) is 49.4 Å². The molecule has 5 N–H and O–H groups in total. The number of pyridine rings is 1. The molecule has 1 fully saturated rings. The predicted molar refractivity (Wildman–Crippen MR) is 203 cm³/mol. The van der Waals surface area contributed by atoms with Crippen molar-refractivity contribution in [3.8, 4) is 0 Å². The maximum Gasteiger partial charge on any atom is 3.00 e. The molecule has 0 spiro atoms. The number of benzene rings is 3. The van der Waals surface area contributed by atoms with E-state index in [0.29, 0.717) is 70.8 Å². The van der Waals surface area contributed by atoms with Crippen LogP contribution in [-0.2, 0) is 32.1 Å². The molecule has 1 aromatic heterocycles. The third-order valence-corrected chi connectivity index (χ3v) is 9.75. The van der Waals surface area contributed by atoms with Crippen molar-refractivity contribution in [1.82, 2.24) is 29.5 Å². The van der Waals surface area contributed by atoms with E-state index in [1.54, 1.807) is 38.8 Å². The first-order chi connectivity index (χ1) is 25.9. The molecule has 1 aliphatic heterocycles. The Balaban J connectivity index is 0.00000673. The molecule has 1 aliphatic rings. The van der Waals surface area contributed by atoms with Crippen molar-refractivity contribution in [2.75, 3.05) is 85.6 Å². The standard InChI is InChI=1S/C38H47BN6O9.Eu/c1-41(35(46)23-42-12-14-43(24-36(47)48)16-18-45(26-38(51)52)19-17-44(15-13-42)25-37(49)50)22-27-10-11-33-31(20-27)29-7-3-4-8-30(29)34(40-33)21-28-6-2-5-9-32(28)39(53)54;/h2-11,20,53-54H,12-19,21-26H2,1H3,(H,47,48)(H,49,50)(H,51,52);/q;+3. The number of carboxylic acids is 3. The van der Waals surface area contributed by atoms with E-state index in [0.717, 1.165) is 38.5 Å². The molecule has 4 aromatic rings. The van der Waals surface area contributed by atoms with Gasteiger partial charge in [-0.1, -0.05) is 54.6 Å². The van der Waals surface area contributed by atoms with E-state index < -0.39 is 25.0 Å². The van der Waals surface area contributed by atoms with Gasteiger partial charge in [-0.05, 0) is 34.1 Å². The summed E-state index contributed by atoms with van der Waals surface area (Å²) in [5.74, 6) is -3.20. The first-order valence-corrected chi connectivity index (χ1v) is 17.9. The summed E-state index contributed by atoms with van der Waals surface area (Å²) in [6.07, 6.45) is 0.408. The van der Waals surface area contributed by atoms with Crippen molar-refractivity contribution >= 4 is 58.1 Å². The summed E-state index contributed by atoms with van der Waals surface area (Å²) in [5.41, 5.74) is 3.67. The molecular weight excluding hydrogens is 847 g/mol. The second-order valence-electron chi connectivity index (χ2n) is 13.7. The Morgan fingerprint density at radius 3 is 1.64 bits per heavy atom. The molecule has 0 unspecified atom stereocenters. The summed E-state index contributed by atoms with van der Waals surface area (Å²) in [6, 6.07) is 21.0. The number of rotatable bonds is 13. The number of amides is 1. The van der Waals surface area contributed by atoms with Gasteiger partial charge < -0.3 is 30.3 Å². The minimum absolute atomic E-state index is 0. The van der Waals surface area contributed by atoms with E-state index in [4.69, 9.17) is 4.98 Å². The smallest absolute Gasteiger partial charge is 0.480 e. The molecule has 0 bridgehead atoms. The van der Waals surface area contributed by atoms with Gasteiger partial charge in [-0.3, -0.25) is 43.8 Å². The van der Waals surface area contributed by atoms with E-state index in [1.807, 2.05) is 59.5 Å². The van der Waals surface area contributed by atoms with Crippen molar-refractivity contribution in [3.05, 3.63) is 83.6 Å². The first kappa shape index (κ1) is 44.3. The third-order valence-electron chi connectivity index (χ3n) is 9.75. The minimum Gasteiger partial charge on any atom is -0.480 e. The Labute approximate surface area is 360 Å². The van der Waals surface area contributed by atoms with Crippen LogP contribution < -0.4 is 5.46 Å². The van der Waals surface area contributed by atoms with Crippen LogP contribution in [0.2, 0.25) is 0 Å². The van der Waals surface area contributed by atoms with Crippen molar-refractivity contribution in [2.45, 2.75) is 13.0 Å². The average Bonchev–Trinajstić information content (AvgIpc) is 3.12. The van der Waals surface area contributed by atoms with Crippen LogP contribution in [0.1, 0.15) is 16.8 Å². The van der Waals surface area contributed by atoms with Crippen molar-refractivity contribution in [1.29, 1.82) is 0 Å². The zero-order valence-corrected chi connectivity index (χ0v) is 33.2. The molecule has 15 nitrogen and oxygen atoms in total. The Hall–Kier alpha value is -3.38. The Morgan fingerprint density at radius 1 is 0.655 bits per heavy atom. The number of hydrogen-bond donors (Lipinski definition) is 5. The van der Waals surface area contributed by atoms with Crippen LogP contribution in [0.15, 0.2) is 66.7 Å². The fraction of sp³-hybridized carbons (Fsp3) is 0.395. The number of carbonyl (C=O) groups excluding carboxylic acids is 1. The minimum atomic E-state index is -1.60. The Bertz CT molecular complexity index is 1940. The van der Waals surface area contributed by atoms with Gasteiger partial charge in [-0.2, -0.15) is 0 Å². The van der Waals surface area contributed by atoms with Gasteiger partial charge in [0.05, 0.1) is 37.4 Å². The van der Waals surface area contributed by atoms with E-state index in [1.165, 1.54) is 0 Å². The van der Waals surface area contributed by atoms with E-state index >= 15 is 0 Å². The molecule has 3 aromatic carbocycles. The van der Waals surface area contributed by atoms with Crippen LogP contribution in [0.5, 0.6) is 0 Å². The maximum absolute atomic E-state index is 13.7. The zero-order chi connectivity index (χ0) is 38.8. The van der Waals surface area contributed by atoms with Crippen LogP contribution >= 0.6 is 0 Å². The number of carbonyl (C=O) groups is 4. The van der Waals surface area contributed by atoms with Gasteiger partial charge in [0.25, 0.3) is 0 Å². The molecule has 0 saturated carbocycles. The first-order valence-electron chi connectivity index (χ1n) is 17.9.